The summed E-state index contributed by atoms with van der Waals surface area (Å²) < 4.78 is 5.84. The van der Waals surface area contributed by atoms with Crippen molar-refractivity contribution in [3.8, 4) is 22.8 Å². The lowest BCUT2D eigenvalue weighted by Gasteiger charge is -1.97. The molecule has 142 valence electrons. The minimum atomic E-state index is 0.491. The number of hydrogen-bond acceptors (Lipinski definition) is 5. The highest BCUT2D eigenvalue weighted by Gasteiger charge is 2.12. The second-order valence-corrected chi connectivity index (χ2v) is 7.83. The first-order valence-corrected chi connectivity index (χ1v) is 10.4. The molecule has 0 spiro atoms. The van der Waals surface area contributed by atoms with Crippen molar-refractivity contribution in [2.24, 2.45) is 0 Å². The number of halogens is 1. The van der Waals surface area contributed by atoms with E-state index in [9.17, 15) is 0 Å². The quantitative estimate of drug-likeness (QED) is 0.343. The van der Waals surface area contributed by atoms with Crippen LogP contribution in [0.4, 0.5) is 0 Å². The highest BCUT2D eigenvalue weighted by Crippen LogP contribution is 2.28. The van der Waals surface area contributed by atoms with Crippen molar-refractivity contribution in [2.75, 3.05) is 0 Å². The van der Waals surface area contributed by atoms with Crippen molar-refractivity contribution in [3.05, 3.63) is 83.4 Å². The van der Waals surface area contributed by atoms with Gasteiger partial charge in [-0.05, 0) is 48.0 Å². The summed E-state index contributed by atoms with van der Waals surface area (Å²) in [6, 6.07) is 23.6. The summed E-state index contributed by atoms with van der Waals surface area (Å²) >= 11 is 7.49. The molecule has 0 saturated heterocycles. The number of aromatic amines is 1. The van der Waals surface area contributed by atoms with Gasteiger partial charge in [0.2, 0.25) is 5.89 Å². The van der Waals surface area contributed by atoms with Crippen LogP contribution in [0.2, 0.25) is 5.02 Å². The average Bonchev–Trinajstić information content (AvgIpc) is 3.40. The lowest BCUT2D eigenvalue weighted by atomic mass is 10.2. The molecule has 0 fully saturated rings. The van der Waals surface area contributed by atoms with Crippen LogP contribution in [0, 0.1) is 0 Å². The molecule has 0 aliphatic rings. The van der Waals surface area contributed by atoms with Crippen molar-refractivity contribution < 1.29 is 4.42 Å². The number of benzene rings is 3. The smallest absolute Gasteiger partial charge is 0.277 e. The van der Waals surface area contributed by atoms with Crippen LogP contribution in [0.1, 0.15) is 5.56 Å². The molecule has 1 N–H and O–H groups in total. The van der Waals surface area contributed by atoms with E-state index in [2.05, 4.69) is 32.3 Å². The minimum absolute atomic E-state index is 0.491. The van der Waals surface area contributed by atoms with Crippen LogP contribution >= 0.6 is 23.4 Å². The van der Waals surface area contributed by atoms with E-state index in [1.54, 1.807) is 0 Å². The Morgan fingerprint density at radius 3 is 2.52 bits per heavy atom. The zero-order chi connectivity index (χ0) is 19.6. The molecule has 0 atom stereocenters. The van der Waals surface area contributed by atoms with Gasteiger partial charge in [-0.1, -0.05) is 53.7 Å². The van der Waals surface area contributed by atoms with Gasteiger partial charge in [-0.15, -0.1) is 10.2 Å². The number of imidazole rings is 1. The van der Waals surface area contributed by atoms with Gasteiger partial charge in [0.05, 0.1) is 11.0 Å². The SMILES string of the molecule is Clc1ccc(-c2nc3ccc(-c4nnc(SCc5ccccc5)o4)cc3[nH]2)cc1. The van der Waals surface area contributed by atoms with Crippen LogP contribution in [0.25, 0.3) is 33.9 Å². The number of H-pyrrole nitrogens is 1. The first kappa shape index (κ1) is 18.0. The van der Waals surface area contributed by atoms with Gasteiger partial charge in [-0.25, -0.2) is 4.98 Å². The van der Waals surface area contributed by atoms with Crippen LogP contribution < -0.4 is 0 Å². The van der Waals surface area contributed by atoms with Crippen LogP contribution in [-0.2, 0) is 5.75 Å². The zero-order valence-electron chi connectivity index (χ0n) is 15.2. The molecule has 0 unspecified atom stereocenters. The number of nitrogens with one attached hydrogen (secondary N) is 1. The highest BCUT2D eigenvalue weighted by atomic mass is 35.5. The molecule has 0 radical (unpaired) electrons. The monoisotopic (exact) mass is 418 g/mol. The van der Waals surface area contributed by atoms with E-state index in [0.717, 1.165) is 33.7 Å². The number of thioether (sulfide) groups is 1. The fourth-order valence-electron chi connectivity index (χ4n) is 2.99. The Labute approximate surface area is 176 Å². The van der Waals surface area contributed by atoms with E-state index in [-0.39, 0.29) is 0 Å². The Morgan fingerprint density at radius 2 is 1.69 bits per heavy atom. The van der Waals surface area contributed by atoms with Crippen molar-refractivity contribution in [2.45, 2.75) is 11.0 Å². The van der Waals surface area contributed by atoms with E-state index in [1.165, 1.54) is 17.3 Å². The normalized spacial score (nSPS) is 11.2. The first-order valence-electron chi connectivity index (χ1n) is 9.01. The van der Waals surface area contributed by atoms with E-state index in [0.29, 0.717) is 16.1 Å². The highest BCUT2D eigenvalue weighted by molar-refractivity contribution is 7.98. The molecular formula is C22H15ClN4OS. The van der Waals surface area contributed by atoms with Gasteiger partial charge in [0.15, 0.2) is 0 Å². The maximum atomic E-state index is 5.97. The molecule has 0 aliphatic carbocycles. The molecule has 0 saturated carbocycles. The summed E-state index contributed by atoms with van der Waals surface area (Å²) in [5.74, 6) is 2.07. The summed E-state index contributed by atoms with van der Waals surface area (Å²) in [4.78, 5) is 7.99. The molecule has 0 amide bonds. The summed E-state index contributed by atoms with van der Waals surface area (Å²) in [5, 5.41) is 9.60. The Kier molecular flexibility index (Phi) is 4.79. The fourth-order valence-corrected chi connectivity index (χ4v) is 3.84. The van der Waals surface area contributed by atoms with E-state index < -0.39 is 0 Å². The maximum absolute atomic E-state index is 5.97. The standard InChI is InChI=1S/C22H15ClN4OS/c23-17-9-6-15(7-10-17)20-24-18-11-8-16(12-19(18)25-20)21-26-27-22(28-21)29-13-14-4-2-1-3-5-14/h1-12H,13H2,(H,24,25). The molecule has 5 aromatic rings. The van der Waals surface area contributed by atoms with Gasteiger partial charge in [0.1, 0.15) is 5.82 Å². The number of nitrogens with zero attached hydrogens (tertiary/aromatic N) is 3. The molecule has 5 rings (SSSR count). The van der Waals surface area contributed by atoms with Gasteiger partial charge >= 0.3 is 0 Å². The molecule has 29 heavy (non-hydrogen) atoms. The molecule has 7 heteroatoms. The fraction of sp³-hybridized carbons (Fsp3) is 0.0455. The third-order valence-electron chi connectivity index (χ3n) is 4.46. The number of rotatable bonds is 5. The van der Waals surface area contributed by atoms with Crippen molar-refractivity contribution in [1.82, 2.24) is 20.2 Å². The Morgan fingerprint density at radius 1 is 0.897 bits per heavy atom. The molecule has 3 aromatic carbocycles. The summed E-state index contributed by atoms with van der Waals surface area (Å²) in [5.41, 5.74) is 4.82. The Hall–Kier alpha value is -3.09. The predicted molar refractivity (Wildman–Crippen MR) is 116 cm³/mol. The van der Waals surface area contributed by atoms with Crippen molar-refractivity contribution >= 4 is 34.4 Å². The molecule has 0 bridgehead atoms. The molecular weight excluding hydrogens is 404 g/mol. The molecule has 0 aliphatic heterocycles. The van der Waals surface area contributed by atoms with Crippen LogP contribution in [0.15, 0.2) is 82.4 Å². The van der Waals surface area contributed by atoms with Gasteiger partial charge in [0, 0.05) is 21.9 Å². The third kappa shape index (κ3) is 3.90. The third-order valence-corrected chi connectivity index (χ3v) is 5.60. The van der Waals surface area contributed by atoms with Gasteiger partial charge in [-0.2, -0.15) is 0 Å². The first-order chi connectivity index (χ1) is 14.2. The lowest BCUT2D eigenvalue weighted by Crippen LogP contribution is -1.79. The van der Waals surface area contributed by atoms with Crippen molar-refractivity contribution in [1.29, 1.82) is 0 Å². The summed E-state index contributed by atoms with van der Waals surface area (Å²) in [7, 11) is 0. The van der Waals surface area contributed by atoms with Crippen LogP contribution in [-0.4, -0.2) is 20.2 Å². The van der Waals surface area contributed by atoms with E-state index in [4.69, 9.17) is 16.0 Å². The Balaban J connectivity index is 1.38. The number of fused-ring (bicyclic) bond motifs is 1. The second kappa shape index (κ2) is 7.73. The molecule has 2 heterocycles. The average molecular weight is 419 g/mol. The maximum Gasteiger partial charge on any atom is 0.277 e. The zero-order valence-corrected chi connectivity index (χ0v) is 16.7. The second-order valence-electron chi connectivity index (χ2n) is 6.47. The topological polar surface area (TPSA) is 67.6 Å². The summed E-state index contributed by atoms with van der Waals surface area (Å²) in [6.07, 6.45) is 0. The van der Waals surface area contributed by atoms with Crippen LogP contribution in [0.3, 0.4) is 0 Å². The van der Waals surface area contributed by atoms with Gasteiger partial charge < -0.3 is 9.40 Å². The van der Waals surface area contributed by atoms with Gasteiger partial charge in [0.25, 0.3) is 5.22 Å². The number of hydrogen-bond donors (Lipinski definition) is 1. The Bertz CT molecular complexity index is 1270. The summed E-state index contributed by atoms with van der Waals surface area (Å²) in [6.45, 7) is 0. The van der Waals surface area contributed by atoms with Crippen LogP contribution in [0.5, 0.6) is 0 Å². The molecule has 2 aromatic heterocycles. The largest absolute Gasteiger partial charge is 0.411 e. The van der Waals surface area contributed by atoms with Gasteiger partial charge in [-0.3, -0.25) is 0 Å². The predicted octanol–water partition coefficient (Wildman–Crippen LogP) is 6.23. The van der Waals surface area contributed by atoms with E-state index >= 15 is 0 Å². The van der Waals surface area contributed by atoms with E-state index in [1.807, 2.05) is 60.7 Å². The van der Waals surface area contributed by atoms with Crippen molar-refractivity contribution in [3.63, 3.8) is 0 Å². The lowest BCUT2D eigenvalue weighted by molar-refractivity contribution is 0.466. The number of aromatic nitrogens is 4. The minimum Gasteiger partial charge on any atom is -0.411 e. The molecule has 5 nitrogen and oxygen atoms in total.